The van der Waals surface area contributed by atoms with Gasteiger partial charge < -0.3 is 0 Å². The molecule has 1 unspecified atom stereocenters. The molecule has 0 N–H and O–H groups in total. The number of hydrogen-bond donors (Lipinski definition) is 0. The first-order valence-corrected chi connectivity index (χ1v) is 8.38. The summed E-state index contributed by atoms with van der Waals surface area (Å²) < 4.78 is 0. The molecule has 0 heterocycles. The molecule has 0 saturated heterocycles. The monoisotopic (exact) mass is 254 g/mol. The summed E-state index contributed by atoms with van der Waals surface area (Å²) in [5.41, 5.74) is 0. The van der Waals surface area contributed by atoms with Gasteiger partial charge in [0.1, 0.15) is 0 Å². The molecule has 1 atom stereocenters. The molecule has 0 aromatic heterocycles. The number of hydrogen-bond acceptors (Lipinski definition) is 2. The van der Waals surface area contributed by atoms with Crippen LogP contribution in [0.5, 0.6) is 0 Å². The van der Waals surface area contributed by atoms with Crippen molar-refractivity contribution in [2.75, 3.05) is 0 Å². The minimum absolute atomic E-state index is 0.617. The first-order valence-electron chi connectivity index (χ1n) is 3.54. The normalized spacial score (nSPS) is 13.6. The Bertz CT molecular complexity index is 123. The molecule has 0 nitrogen and oxygen atoms in total. The maximum absolute atomic E-state index is 3.62. The maximum atomic E-state index is 3.62. The van der Waals surface area contributed by atoms with Crippen molar-refractivity contribution in [3.8, 4) is 0 Å². The van der Waals surface area contributed by atoms with Crippen molar-refractivity contribution in [3.05, 3.63) is 22.4 Å². The standard InChI is InChI=1S/C8H14S2Se/c1-4-8(3)10-11-7-6-9-5-2/h5-8H,2,4H2,1,3H3/b7-6-. The van der Waals surface area contributed by atoms with E-state index in [1.165, 1.54) is 6.42 Å². The van der Waals surface area contributed by atoms with E-state index in [2.05, 4.69) is 41.0 Å². The summed E-state index contributed by atoms with van der Waals surface area (Å²) in [6.45, 7) is 8.13. The topological polar surface area (TPSA) is 0 Å². The van der Waals surface area contributed by atoms with Crippen LogP contribution in [0.2, 0.25) is 0 Å². The Morgan fingerprint density at radius 1 is 1.64 bits per heavy atom. The van der Waals surface area contributed by atoms with Crippen LogP contribution in [0.4, 0.5) is 0 Å². The molecule has 64 valence electrons. The van der Waals surface area contributed by atoms with Crippen LogP contribution in [0, 0.1) is 0 Å². The van der Waals surface area contributed by atoms with Gasteiger partial charge in [0.25, 0.3) is 0 Å². The van der Waals surface area contributed by atoms with E-state index < -0.39 is 0 Å². The van der Waals surface area contributed by atoms with Gasteiger partial charge in [-0.1, -0.05) is 0 Å². The summed E-state index contributed by atoms with van der Waals surface area (Å²) in [6, 6.07) is 0. The molecule has 0 aliphatic heterocycles. The van der Waals surface area contributed by atoms with Gasteiger partial charge in [0.15, 0.2) is 0 Å². The van der Waals surface area contributed by atoms with Crippen molar-refractivity contribution in [2.45, 2.75) is 25.5 Å². The van der Waals surface area contributed by atoms with Gasteiger partial charge >= 0.3 is 83.7 Å². The SMILES string of the molecule is C=CS/C=C\[Se]SC(C)CC. The zero-order valence-corrected chi connectivity index (χ0v) is 10.3. The average molecular weight is 253 g/mol. The summed E-state index contributed by atoms with van der Waals surface area (Å²) in [5.74, 6) is 0. The summed E-state index contributed by atoms with van der Waals surface area (Å²) in [7, 11) is 2.05. The van der Waals surface area contributed by atoms with Crippen LogP contribution in [0.15, 0.2) is 22.4 Å². The van der Waals surface area contributed by atoms with Crippen molar-refractivity contribution in [1.29, 1.82) is 0 Å². The van der Waals surface area contributed by atoms with E-state index >= 15 is 0 Å². The first kappa shape index (κ1) is 11.7. The van der Waals surface area contributed by atoms with Gasteiger partial charge in [0.2, 0.25) is 0 Å². The predicted molar refractivity (Wildman–Crippen MR) is 60.0 cm³/mol. The Balaban J connectivity index is 3.18. The van der Waals surface area contributed by atoms with Gasteiger partial charge in [0, 0.05) is 0 Å². The van der Waals surface area contributed by atoms with Crippen molar-refractivity contribution in [2.24, 2.45) is 0 Å². The number of thioether (sulfide) groups is 1. The Kier molecular flexibility index (Phi) is 9.35. The molecule has 0 spiro atoms. The molecule has 0 amide bonds. The number of rotatable bonds is 6. The molecule has 0 fully saturated rings. The molecular formula is C8H14S2Se. The molecule has 0 bridgehead atoms. The predicted octanol–water partition coefficient (Wildman–Crippen LogP) is 3.49. The first-order chi connectivity index (χ1) is 5.31. The van der Waals surface area contributed by atoms with Crippen LogP contribution in [-0.4, -0.2) is 19.1 Å². The van der Waals surface area contributed by atoms with Gasteiger partial charge in [-0.05, 0) is 0 Å². The summed E-state index contributed by atoms with van der Waals surface area (Å²) in [4.78, 5) is 2.25. The van der Waals surface area contributed by atoms with E-state index in [4.69, 9.17) is 0 Å². The third kappa shape index (κ3) is 8.61. The van der Waals surface area contributed by atoms with Crippen molar-refractivity contribution < 1.29 is 0 Å². The van der Waals surface area contributed by atoms with E-state index in [9.17, 15) is 0 Å². The summed E-state index contributed by atoms with van der Waals surface area (Å²) in [6.07, 6.45) is 1.27. The van der Waals surface area contributed by atoms with Gasteiger partial charge in [0.05, 0.1) is 0 Å². The molecule has 0 aliphatic carbocycles. The Labute approximate surface area is 83.5 Å². The van der Waals surface area contributed by atoms with Crippen molar-refractivity contribution in [3.63, 3.8) is 0 Å². The third-order valence-corrected chi connectivity index (χ3v) is 6.59. The zero-order valence-electron chi connectivity index (χ0n) is 6.95. The van der Waals surface area contributed by atoms with Crippen LogP contribution in [-0.2, 0) is 0 Å². The second-order valence-corrected chi connectivity index (χ2v) is 7.05. The van der Waals surface area contributed by atoms with Crippen molar-refractivity contribution >= 4 is 35.8 Å². The summed E-state index contributed by atoms with van der Waals surface area (Å²) in [5, 5.41) is 4.77. The molecule has 0 aliphatic rings. The van der Waals surface area contributed by atoms with E-state index in [-0.39, 0.29) is 0 Å². The molecule has 11 heavy (non-hydrogen) atoms. The Morgan fingerprint density at radius 2 is 2.36 bits per heavy atom. The fraction of sp³-hybridized carbons (Fsp3) is 0.500. The van der Waals surface area contributed by atoms with Gasteiger partial charge in [-0.15, -0.1) is 0 Å². The minimum atomic E-state index is 0.617. The fourth-order valence-corrected chi connectivity index (χ4v) is 4.77. The quantitative estimate of drug-likeness (QED) is 0.665. The second kappa shape index (κ2) is 8.79. The van der Waals surface area contributed by atoms with Crippen LogP contribution in [0.25, 0.3) is 0 Å². The van der Waals surface area contributed by atoms with Gasteiger partial charge in [-0.2, -0.15) is 0 Å². The van der Waals surface area contributed by atoms with Crippen LogP contribution >= 0.6 is 21.9 Å². The molecule has 0 rings (SSSR count). The molecule has 0 saturated carbocycles. The van der Waals surface area contributed by atoms with E-state index in [0.717, 1.165) is 5.25 Å². The van der Waals surface area contributed by atoms with Gasteiger partial charge in [-0.3, -0.25) is 0 Å². The molecular weight excluding hydrogens is 239 g/mol. The molecule has 0 aromatic rings. The van der Waals surface area contributed by atoms with Crippen molar-refractivity contribution in [1.82, 2.24) is 0 Å². The second-order valence-electron chi connectivity index (χ2n) is 1.99. The van der Waals surface area contributed by atoms with Crippen LogP contribution < -0.4 is 0 Å². The average Bonchev–Trinajstić information content (AvgIpc) is 2.04. The van der Waals surface area contributed by atoms with E-state index in [0.29, 0.717) is 13.8 Å². The molecule has 3 heteroatoms. The molecule has 0 radical (unpaired) electrons. The Morgan fingerprint density at radius 3 is 2.91 bits per heavy atom. The van der Waals surface area contributed by atoms with Crippen LogP contribution in [0.1, 0.15) is 20.3 Å². The zero-order chi connectivity index (χ0) is 8.53. The summed E-state index contributed by atoms with van der Waals surface area (Å²) >= 11 is 2.27. The van der Waals surface area contributed by atoms with E-state index in [1.807, 2.05) is 5.41 Å². The van der Waals surface area contributed by atoms with Crippen LogP contribution in [0.3, 0.4) is 0 Å². The van der Waals surface area contributed by atoms with E-state index in [1.54, 1.807) is 11.8 Å². The third-order valence-electron chi connectivity index (χ3n) is 1.08. The van der Waals surface area contributed by atoms with Gasteiger partial charge in [-0.25, -0.2) is 0 Å². The fourth-order valence-electron chi connectivity index (χ4n) is 0.305. The Hall–Kier alpha value is 0.699. The molecule has 0 aromatic carbocycles.